The van der Waals surface area contributed by atoms with E-state index in [4.69, 9.17) is 0 Å². The van der Waals surface area contributed by atoms with E-state index >= 15 is 0 Å². The van der Waals surface area contributed by atoms with Crippen LogP contribution in [0.5, 0.6) is 0 Å². The van der Waals surface area contributed by atoms with Crippen molar-refractivity contribution in [3.05, 3.63) is 35.6 Å². The van der Waals surface area contributed by atoms with E-state index in [0.29, 0.717) is 25.5 Å². The minimum atomic E-state index is -0.243. The summed E-state index contributed by atoms with van der Waals surface area (Å²) in [5, 5.41) is 3.21. The molecule has 0 unspecified atom stereocenters. The van der Waals surface area contributed by atoms with Gasteiger partial charge in [-0.3, -0.25) is 9.79 Å². The van der Waals surface area contributed by atoms with E-state index in [0.717, 1.165) is 25.2 Å². The van der Waals surface area contributed by atoms with Crippen LogP contribution in [0.25, 0.3) is 0 Å². The molecule has 0 saturated carbocycles. The molecule has 0 aromatic heterocycles. The van der Waals surface area contributed by atoms with Gasteiger partial charge in [-0.05, 0) is 38.5 Å². The molecule has 0 aliphatic heterocycles. The van der Waals surface area contributed by atoms with Gasteiger partial charge in [0, 0.05) is 39.6 Å². The quantitative estimate of drug-likeness (QED) is 0.586. The molecule has 0 saturated heterocycles. The fraction of sp³-hybridized carbons (Fsp3) is 0.556. The molecule has 0 radical (unpaired) electrons. The highest BCUT2D eigenvalue weighted by atomic mass is 19.1. The number of hydrogen-bond donors (Lipinski definition) is 1. The molecule has 134 valence electrons. The van der Waals surface area contributed by atoms with E-state index in [2.05, 4.69) is 10.3 Å². The summed E-state index contributed by atoms with van der Waals surface area (Å²) in [5.41, 5.74) is 0.877. The van der Waals surface area contributed by atoms with Crippen molar-refractivity contribution in [2.75, 3.05) is 33.2 Å². The molecule has 0 aliphatic rings. The maximum Gasteiger partial charge on any atom is 0.224 e. The normalized spacial score (nSPS) is 11.3. The first-order valence-electron chi connectivity index (χ1n) is 8.53. The fourth-order valence-electron chi connectivity index (χ4n) is 2.45. The Balaban J connectivity index is 2.65. The van der Waals surface area contributed by atoms with E-state index in [1.807, 2.05) is 38.8 Å². The van der Waals surface area contributed by atoms with Crippen molar-refractivity contribution in [1.82, 2.24) is 15.1 Å². The summed E-state index contributed by atoms with van der Waals surface area (Å²) in [6, 6.07) is 6.53. The van der Waals surface area contributed by atoms with Gasteiger partial charge >= 0.3 is 0 Å². The van der Waals surface area contributed by atoms with Crippen molar-refractivity contribution in [3.8, 4) is 0 Å². The summed E-state index contributed by atoms with van der Waals surface area (Å²) in [6.45, 7) is 9.10. The molecule has 0 atom stereocenters. The van der Waals surface area contributed by atoms with E-state index in [1.165, 1.54) is 12.1 Å². The molecular weight excluding hydrogens is 307 g/mol. The molecule has 1 rings (SSSR count). The van der Waals surface area contributed by atoms with Crippen molar-refractivity contribution in [2.45, 2.75) is 33.7 Å². The topological polar surface area (TPSA) is 47.9 Å². The number of aliphatic imine (C=N–C) groups is 1. The Morgan fingerprint density at radius 3 is 2.54 bits per heavy atom. The summed E-state index contributed by atoms with van der Waals surface area (Å²) in [7, 11) is 1.90. The Morgan fingerprint density at radius 2 is 1.96 bits per heavy atom. The Morgan fingerprint density at radius 1 is 1.25 bits per heavy atom. The van der Waals surface area contributed by atoms with Gasteiger partial charge in [-0.15, -0.1) is 0 Å². The maximum atomic E-state index is 13.3. The first-order chi connectivity index (χ1) is 11.5. The van der Waals surface area contributed by atoms with E-state index in [-0.39, 0.29) is 11.7 Å². The van der Waals surface area contributed by atoms with Crippen molar-refractivity contribution >= 4 is 11.9 Å². The number of carbonyl (C=O) groups is 1. The molecular formula is C18H29FN4O. The van der Waals surface area contributed by atoms with Crippen LogP contribution in [-0.4, -0.2) is 54.9 Å². The van der Waals surface area contributed by atoms with Crippen LogP contribution in [0.15, 0.2) is 29.3 Å². The van der Waals surface area contributed by atoms with Crippen molar-refractivity contribution in [1.29, 1.82) is 0 Å². The average molecular weight is 336 g/mol. The predicted octanol–water partition coefficient (Wildman–Crippen LogP) is 2.48. The van der Waals surface area contributed by atoms with Crippen molar-refractivity contribution in [2.24, 2.45) is 4.99 Å². The Labute approximate surface area is 144 Å². The van der Waals surface area contributed by atoms with Gasteiger partial charge in [0.15, 0.2) is 5.96 Å². The third-order valence-corrected chi connectivity index (χ3v) is 3.71. The van der Waals surface area contributed by atoms with Gasteiger partial charge < -0.3 is 15.1 Å². The minimum Gasteiger partial charge on any atom is -0.357 e. The first-order valence-corrected chi connectivity index (χ1v) is 8.53. The zero-order chi connectivity index (χ0) is 17.9. The summed E-state index contributed by atoms with van der Waals surface area (Å²) < 4.78 is 13.3. The number of amides is 1. The number of nitrogens with zero attached hydrogens (tertiary/aromatic N) is 3. The Kier molecular flexibility index (Phi) is 8.83. The molecule has 1 aromatic rings. The SMILES string of the molecule is CCNC(=NCCC(=O)N(CC)CC)N(C)Cc1cccc(F)c1. The molecule has 1 N–H and O–H groups in total. The van der Waals surface area contributed by atoms with Crippen molar-refractivity contribution in [3.63, 3.8) is 0 Å². The van der Waals surface area contributed by atoms with E-state index < -0.39 is 0 Å². The summed E-state index contributed by atoms with van der Waals surface area (Å²) in [5.74, 6) is 0.592. The standard InChI is InChI=1S/C18H29FN4O/c1-5-20-18(21-12-11-17(24)23(6-2)7-3)22(4)14-15-9-8-10-16(19)13-15/h8-10,13H,5-7,11-12,14H2,1-4H3,(H,20,21). The van der Waals surface area contributed by atoms with Gasteiger partial charge in [-0.1, -0.05) is 12.1 Å². The third-order valence-electron chi connectivity index (χ3n) is 3.71. The number of hydrogen-bond acceptors (Lipinski definition) is 2. The second-order valence-corrected chi connectivity index (χ2v) is 5.54. The predicted molar refractivity (Wildman–Crippen MR) is 96.4 cm³/mol. The van der Waals surface area contributed by atoms with Gasteiger partial charge in [0.2, 0.25) is 5.91 Å². The summed E-state index contributed by atoms with van der Waals surface area (Å²) in [6.07, 6.45) is 0.393. The van der Waals surface area contributed by atoms with E-state index in [9.17, 15) is 9.18 Å². The van der Waals surface area contributed by atoms with Crippen LogP contribution in [0.2, 0.25) is 0 Å². The molecule has 0 aliphatic carbocycles. The van der Waals surface area contributed by atoms with Crippen LogP contribution < -0.4 is 5.32 Å². The highest BCUT2D eigenvalue weighted by molar-refractivity contribution is 5.80. The van der Waals surface area contributed by atoms with Crippen molar-refractivity contribution < 1.29 is 9.18 Å². The molecule has 0 spiro atoms. The van der Waals surface area contributed by atoms with Crippen LogP contribution in [0.4, 0.5) is 4.39 Å². The highest BCUT2D eigenvalue weighted by Gasteiger charge is 2.10. The minimum absolute atomic E-state index is 0.118. The number of halogens is 1. The smallest absolute Gasteiger partial charge is 0.224 e. The molecule has 24 heavy (non-hydrogen) atoms. The third kappa shape index (κ3) is 6.56. The summed E-state index contributed by atoms with van der Waals surface area (Å²) >= 11 is 0. The lowest BCUT2D eigenvalue weighted by Gasteiger charge is -2.22. The molecule has 5 nitrogen and oxygen atoms in total. The number of nitrogens with one attached hydrogen (secondary N) is 1. The molecule has 0 bridgehead atoms. The van der Waals surface area contributed by atoms with Crippen LogP contribution in [0, 0.1) is 5.82 Å². The molecule has 6 heteroatoms. The average Bonchev–Trinajstić information content (AvgIpc) is 2.55. The Bertz CT molecular complexity index is 544. The maximum absolute atomic E-state index is 13.3. The van der Waals surface area contributed by atoms with Crippen LogP contribution in [-0.2, 0) is 11.3 Å². The van der Waals surface area contributed by atoms with Gasteiger partial charge in [0.1, 0.15) is 5.82 Å². The number of carbonyl (C=O) groups excluding carboxylic acids is 1. The zero-order valence-electron chi connectivity index (χ0n) is 15.2. The number of rotatable bonds is 8. The van der Waals surface area contributed by atoms with Gasteiger partial charge in [0.25, 0.3) is 0 Å². The number of guanidine groups is 1. The zero-order valence-corrected chi connectivity index (χ0v) is 15.2. The summed E-state index contributed by atoms with van der Waals surface area (Å²) in [4.78, 5) is 20.3. The molecule has 0 heterocycles. The van der Waals surface area contributed by atoms with Gasteiger partial charge in [-0.25, -0.2) is 4.39 Å². The lowest BCUT2D eigenvalue weighted by Crippen LogP contribution is -2.39. The molecule has 1 amide bonds. The lowest BCUT2D eigenvalue weighted by atomic mass is 10.2. The second kappa shape index (κ2) is 10.6. The fourth-order valence-corrected chi connectivity index (χ4v) is 2.45. The molecule has 0 fully saturated rings. The van der Waals surface area contributed by atoms with Crippen LogP contribution in [0.1, 0.15) is 32.8 Å². The van der Waals surface area contributed by atoms with E-state index in [1.54, 1.807) is 11.0 Å². The lowest BCUT2D eigenvalue weighted by molar-refractivity contribution is -0.130. The second-order valence-electron chi connectivity index (χ2n) is 5.54. The van der Waals surface area contributed by atoms with Gasteiger partial charge in [0.05, 0.1) is 6.54 Å². The largest absolute Gasteiger partial charge is 0.357 e. The number of benzene rings is 1. The monoisotopic (exact) mass is 336 g/mol. The first kappa shape index (κ1) is 19.9. The van der Waals surface area contributed by atoms with Crippen LogP contribution >= 0.6 is 0 Å². The Hall–Kier alpha value is -2.11. The highest BCUT2D eigenvalue weighted by Crippen LogP contribution is 2.06. The molecule has 1 aromatic carbocycles. The van der Waals surface area contributed by atoms with Gasteiger partial charge in [-0.2, -0.15) is 0 Å². The van der Waals surface area contributed by atoms with Crippen LogP contribution in [0.3, 0.4) is 0 Å².